The second-order valence-electron chi connectivity index (χ2n) is 9.72. The average Bonchev–Trinajstić information content (AvgIpc) is 3.48. The zero-order valence-corrected chi connectivity index (χ0v) is 21.7. The van der Waals surface area contributed by atoms with Gasteiger partial charge >= 0.3 is 6.09 Å². The van der Waals surface area contributed by atoms with Crippen LogP contribution in [0.3, 0.4) is 0 Å². The largest absolute Gasteiger partial charge is 0.442 e. The molecule has 190 valence electrons. The average molecular weight is 511 g/mol. The fourth-order valence-electron chi connectivity index (χ4n) is 4.06. The van der Waals surface area contributed by atoms with Gasteiger partial charge in [0.1, 0.15) is 17.5 Å². The van der Waals surface area contributed by atoms with E-state index in [1.807, 2.05) is 4.90 Å². The van der Waals surface area contributed by atoms with E-state index >= 15 is 0 Å². The lowest BCUT2D eigenvalue weighted by atomic mass is 10.1. The van der Waals surface area contributed by atoms with E-state index in [1.54, 1.807) is 82.3 Å². The fourth-order valence-corrected chi connectivity index (χ4v) is 5.43. The van der Waals surface area contributed by atoms with Crippen molar-refractivity contribution < 1.29 is 22.5 Å². The second-order valence-corrected chi connectivity index (χ2v) is 11.7. The van der Waals surface area contributed by atoms with E-state index in [-0.39, 0.29) is 11.8 Å². The molecule has 0 N–H and O–H groups in total. The number of aromatic nitrogens is 2. The summed E-state index contributed by atoms with van der Waals surface area (Å²) in [6.07, 6.45) is 1.05. The number of carbonyl (C=O) groups is 1. The standard InChI is InChI=1S/C26H30N4O5S/c1-18(27-25(31)34-26(2,3)4)30-16-8-11-22(30)24-28-23(29-35-24)20-14-12-19(13-15-20)17-36(32,33)21-9-6-5-7-10-21/h5-7,9-10,12-15,22H,8,11,16-17H2,1-4H3/b27-18+/t22-/m0/s1. The Morgan fingerprint density at radius 3 is 2.50 bits per heavy atom. The van der Waals surface area contributed by atoms with Gasteiger partial charge < -0.3 is 14.2 Å². The Kier molecular flexibility index (Phi) is 7.26. The van der Waals surface area contributed by atoms with Gasteiger partial charge in [-0.15, -0.1) is 0 Å². The molecule has 1 aliphatic heterocycles. The number of amides is 1. The van der Waals surface area contributed by atoms with Crippen LogP contribution in [0.2, 0.25) is 0 Å². The zero-order chi connectivity index (χ0) is 25.9. The number of amidine groups is 1. The van der Waals surface area contributed by atoms with Crippen LogP contribution in [0.5, 0.6) is 0 Å². The van der Waals surface area contributed by atoms with E-state index in [1.165, 1.54) is 0 Å². The molecule has 0 saturated carbocycles. The Hall–Kier alpha value is -3.53. The van der Waals surface area contributed by atoms with Crippen LogP contribution in [0.15, 0.2) is 69.0 Å². The number of hydrogen-bond acceptors (Lipinski definition) is 7. The predicted octanol–water partition coefficient (Wildman–Crippen LogP) is 5.20. The Labute approximate surface area is 211 Å². The molecule has 4 rings (SSSR count). The molecule has 1 atom stereocenters. The van der Waals surface area contributed by atoms with Gasteiger partial charge in [0, 0.05) is 12.1 Å². The van der Waals surface area contributed by atoms with Crippen molar-refractivity contribution >= 4 is 21.8 Å². The Morgan fingerprint density at radius 1 is 1.14 bits per heavy atom. The van der Waals surface area contributed by atoms with Crippen molar-refractivity contribution in [1.82, 2.24) is 15.0 Å². The van der Waals surface area contributed by atoms with Gasteiger partial charge in [-0.3, -0.25) is 0 Å². The van der Waals surface area contributed by atoms with Crippen molar-refractivity contribution in [2.24, 2.45) is 4.99 Å². The number of aliphatic imine (C=N–C) groups is 1. The smallest absolute Gasteiger partial charge is 0.435 e. The first-order valence-corrected chi connectivity index (χ1v) is 13.4. The van der Waals surface area contributed by atoms with Crippen LogP contribution in [0, 0.1) is 0 Å². The first-order valence-electron chi connectivity index (χ1n) is 11.8. The summed E-state index contributed by atoms with van der Waals surface area (Å²) in [5.41, 5.74) is 0.769. The van der Waals surface area contributed by atoms with E-state index in [0.717, 1.165) is 18.4 Å². The molecule has 0 spiro atoms. The Bertz CT molecular complexity index is 1340. The lowest BCUT2D eigenvalue weighted by Crippen LogP contribution is -2.30. The third-order valence-electron chi connectivity index (χ3n) is 5.71. The molecule has 1 amide bonds. The van der Waals surface area contributed by atoms with Crippen LogP contribution in [-0.2, 0) is 20.3 Å². The van der Waals surface area contributed by atoms with E-state index in [2.05, 4.69) is 15.1 Å². The molecule has 2 aromatic carbocycles. The molecule has 9 nitrogen and oxygen atoms in total. The zero-order valence-electron chi connectivity index (χ0n) is 20.8. The van der Waals surface area contributed by atoms with Crippen molar-refractivity contribution in [1.29, 1.82) is 0 Å². The highest BCUT2D eigenvalue weighted by molar-refractivity contribution is 7.90. The van der Waals surface area contributed by atoms with Gasteiger partial charge in [-0.05, 0) is 58.2 Å². The van der Waals surface area contributed by atoms with E-state index in [9.17, 15) is 13.2 Å². The van der Waals surface area contributed by atoms with Crippen LogP contribution >= 0.6 is 0 Å². The molecular formula is C26H30N4O5S. The molecule has 1 saturated heterocycles. The lowest BCUT2D eigenvalue weighted by molar-refractivity contribution is 0.0601. The fraction of sp³-hybridized carbons (Fsp3) is 0.385. The minimum Gasteiger partial charge on any atom is -0.442 e. The van der Waals surface area contributed by atoms with E-state index in [4.69, 9.17) is 9.26 Å². The summed E-state index contributed by atoms with van der Waals surface area (Å²) in [6, 6.07) is 15.3. The first-order chi connectivity index (χ1) is 17.0. The number of ether oxygens (including phenoxy) is 1. The van der Waals surface area contributed by atoms with Crippen LogP contribution in [0.25, 0.3) is 11.4 Å². The molecule has 0 radical (unpaired) electrons. The van der Waals surface area contributed by atoms with Crippen LogP contribution in [0.1, 0.15) is 58.0 Å². The Morgan fingerprint density at radius 2 is 1.83 bits per heavy atom. The number of nitrogens with zero attached hydrogens (tertiary/aromatic N) is 4. The summed E-state index contributed by atoms with van der Waals surface area (Å²) in [5, 5.41) is 4.12. The summed E-state index contributed by atoms with van der Waals surface area (Å²) >= 11 is 0. The molecular weight excluding hydrogens is 480 g/mol. The van der Waals surface area contributed by atoms with Gasteiger partial charge in [-0.1, -0.05) is 47.6 Å². The minimum absolute atomic E-state index is 0.0952. The summed E-state index contributed by atoms with van der Waals surface area (Å²) in [7, 11) is -3.43. The van der Waals surface area contributed by atoms with Gasteiger partial charge in [0.15, 0.2) is 9.84 Å². The second kappa shape index (κ2) is 10.2. The van der Waals surface area contributed by atoms with Crippen molar-refractivity contribution in [3.8, 4) is 11.4 Å². The lowest BCUT2D eigenvalue weighted by Gasteiger charge is -2.24. The summed E-state index contributed by atoms with van der Waals surface area (Å²) < 4.78 is 36.2. The highest BCUT2D eigenvalue weighted by Crippen LogP contribution is 2.32. The molecule has 36 heavy (non-hydrogen) atoms. The minimum atomic E-state index is -3.43. The number of benzene rings is 2. The topological polar surface area (TPSA) is 115 Å². The van der Waals surface area contributed by atoms with Crippen molar-refractivity contribution in [2.45, 2.75) is 62.8 Å². The number of sulfone groups is 1. The van der Waals surface area contributed by atoms with Crippen LogP contribution in [-0.4, -0.2) is 47.5 Å². The maximum atomic E-state index is 12.6. The monoisotopic (exact) mass is 510 g/mol. The van der Waals surface area contributed by atoms with E-state index < -0.39 is 21.5 Å². The first kappa shape index (κ1) is 25.6. The number of carbonyl (C=O) groups excluding carboxylic acids is 1. The maximum absolute atomic E-state index is 12.6. The summed E-state index contributed by atoms with van der Waals surface area (Å²) in [6.45, 7) is 7.86. The molecule has 0 unspecified atom stereocenters. The molecule has 1 aromatic heterocycles. The van der Waals surface area contributed by atoms with Gasteiger partial charge in [-0.25, -0.2) is 13.2 Å². The molecule has 1 fully saturated rings. The van der Waals surface area contributed by atoms with Crippen LogP contribution in [0.4, 0.5) is 4.79 Å². The molecule has 10 heteroatoms. The quantitative estimate of drug-likeness (QED) is 0.340. The van der Waals surface area contributed by atoms with E-state index in [0.29, 0.717) is 34.6 Å². The SMILES string of the molecule is C/C(=N\C(=O)OC(C)(C)C)N1CCC[C@H]1c1nc(-c2ccc(CS(=O)(=O)c3ccccc3)cc2)no1. The Balaban J connectivity index is 1.46. The summed E-state index contributed by atoms with van der Waals surface area (Å²) in [5.74, 6) is 1.30. The number of hydrogen-bond donors (Lipinski definition) is 0. The highest BCUT2D eigenvalue weighted by Gasteiger charge is 2.32. The highest BCUT2D eigenvalue weighted by atomic mass is 32.2. The van der Waals surface area contributed by atoms with Gasteiger partial charge in [0.25, 0.3) is 0 Å². The normalized spacial score (nSPS) is 16.8. The van der Waals surface area contributed by atoms with Crippen LogP contribution < -0.4 is 0 Å². The third-order valence-corrected chi connectivity index (χ3v) is 7.42. The number of rotatable bonds is 5. The van der Waals surface area contributed by atoms with Gasteiger partial charge in [-0.2, -0.15) is 9.98 Å². The molecule has 1 aliphatic rings. The predicted molar refractivity (Wildman–Crippen MR) is 135 cm³/mol. The van der Waals surface area contributed by atoms with Gasteiger partial charge in [0.2, 0.25) is 11.7 Å². The maximum Gasteiger partial charge on any atom is 0.435 e. The van der Waals surface area contributed by atoms with Crippen molar-refractivity contribution in [2.75, 3.05) is 6.54 Å². The van der Waals surface area contributed by atoms with Crippen molar-refractivity contribution in [3.63, 3.8) is 0 Å². The third kappa shape index (κ3) is 6.17. The van der Waals surface area contributed by atoms with Gasteiger partial charge in [0.05, 0.1) is 10.6 Å². The summed E-state index contributed by atoms with van der Waals surface area (Å²) in [4.78, 5) is 23.1. The molecule has 0 bridgehead atoms. The molecule has 0 aliphatic carbocycles. The van der Waals surface area contributed by atoms with Crippen molar-refractivity contribution in [3.05, 3.63) is 66.1 Å². The number of likely N-dealkylation sites (tertiary alicyclic amines) is 1. The molecule has 2 heterocycles. The molecule has 3 aromatic rings.